The largest absolute Gasteiger partial charge is 0.435 e. The second-order valence-corrected chi connectivity index (χ2v) is 8.17. The highest BCUT2D eigenvalue weighted by atomic mass is 35.5. The van der Waals surface area contributed by atoms with E-state index in [2.05, 4.69) is 15.1 Å². The SMILES string of the molecule is NCC(c1ccc(C(F)(F)F)cc1)n1cc(-c2ncnc(N)c2-c2ccc(Cl)cc2)c(C(F)(F)F)n1. The summed E-state index contributed by atoms with van der Waals surface area (Å²) in [5, 5.41) is 4.13. The van der Waals surface area contributed by atoms with Crippen LogP contribution in [0.2, 0.25) is 5.02 Å². The van der Waals surface area contributed by atoms with Gasteiger partial charge in [-0.05, 0) is 35.4 Å². The Bertz CT molecular complexity index is 1360. The molecule has 1 unspecified atom stereocenters. The Labute approximate surface area is 205 Å². The third-order valence-electron chi connectivity index (χ3n) is 5.43. The zero-order valence-corrected chi connectivity index (χ0v) is 18.9. The van der Waals surface area contributed by atoms with Crippen molar-refractivity contribution in [3.05, 3.63) is 82.9 Å². The van der Waals surface area contributed by atoms with Crippen molar-refractivity contribution < 1.29 is 26.3 Å². The first-order chi connectivity index (χ1) is 16.9. The maximum Gasteiger partial charge on any atom is 0.435 e. The van der Waals surface area contributed by atoms with Crippen molar-refractivity contribution in [2.75, 3.05) is 12.3 Å². The summed E-state index contributed by atoms with van der Waals surface area (Å²) >= 11 is 5.93. The molecule has 188 valence electrons. The lowest BCUT2D eigenvalue weighted by molar-refractivity contribution is -0.141. The van der Waals surface area contributed by atoms with Crippen molar-refractivity contribution in [2.24, 2.45) is 5.73 Å². The molecule has 2 heterocycles. The Morgan fingerprint density at radius 1 is 0.889 bits per heavy atom. The van der Waals surface area contributed by atoms with Crippen LogP contribution in [0.1, 0.15) is 22.9 Å². The molecule has 0 saturated heterocycles. The summed E-state index contributed by atoms with van der Waals surface area (Å²) < 4.78 is 82.0. The topological polar surface area (TPSA) is 95.6 Å². The third kappa shape index (κ3) is 5.00. The summed E-state index contributed by atoms with van der Waals surface area (Å²) in [5.74, 6) is -0.0682. The highest BCUT2D eigenvalue weighted by Gasteiger charge is 2.39. The van der Waals surface area contributed by atoms with Crippen LogP contribution in [0.15, 0.2) is 61.1 Å². The molecule has 4 aromatic rings. The third-order valence-corrected chi connectivity index (χ3v) is 5.68. The van der Waals surface area contributed by atoms with E-state index in [-0.39, 0.29) is 29.2 Å². The van der Waals surface area contributed by atoms with Gasteiger partial charge in [0.25, 0.3) is 0 Å². The van der Waals surface area contributed by atoms with Gasteiger partial charge in [-0.1, -0.05) is 35.9 Å². The Kier molecular flexibility index (Phi) is 6.67. The van der Waals surface area contributed by atoms with Crippen molar-refractivity contribution in [1.29, 1.82) is 0 Å². The monoisotopic (exact) mass is 526 g/mol. The van der Waals surface area contributed by atoms with Gasteiger partial charge in [-0.25, -0.2) is 9.97 Å². The number of hydrogen-bond acceptors (Lipinski definition) is 5. The standard InChI is InChI=1S/C23H17ClF6N6/c24-15-7-3-13(4-8-15)18-19(33-11-34-21(18)32)16-10-36(35-20(16)23(28,29)30)17(9-31)12-1-5-14(6-2-12)22(25,26)27/h1-8,10-11,17H,9,31H2,(H2,32,33,34). The molecule has 0 saturated carbocycles. The number of nitrogens with two attached hydrogens (primary N) is 2. The lowest BCUT2D eigenvalue weighted by Crippen LogP contribution is -2.22. The minimum atomic E-state index is -4.89. The fraction of sp³-hybridized carbons (Fsp3) is 0.174. The normalized spacial score (nSPS) is 13.1. The molecule has 13 heteroatoms. The fourth-order valence-electron chi connectivity index (χ4n) is 3.73. The van der Waals surface area contributed by atoms with Crippen molar-refractivity contribution >= 4 is 17.4 Å². The smallest absolute Gasteiger partial charge is 0.383 e. The van der Waals surface area contributed by atoms with Crippen LogP contribution in [-0.4, -0.2) is 26.3 Å². The average molecular weight is 527 g/mol. The number of halogens is 7. The van der Waals surface area contributed by atoms with Crippen LogP contribution in [0.4, 0.5) is 32.2 Å². The lowest BCUT2D eigenvalue weighted by Gasteiger charge is -2.17. The zero-order valence-electron chi connectivity index (χ0n) is 18.1. The molecule has 4 rings (SSSR count). The maximum atomic E-state index is 14.1. The van der Waals surface area contributed by atoms with Gasteiger partial charge in [-0.3, -0.25) is 4.68 Å². The van der Waals surface area contributed by atoms with Gasteiger partial charge < -0.3 is 11.5 Å². The molecule has 0 radical (unpaired) electrons. The first-order valence-corrected chi connectivity index (χ1v) is 10.7. The molecule has 2 aromatic heterocycles. The van der Waals surface area contributed by atoms with E-state index in [1.54, 1.807) is 12.1 Å². The molecule has 0 bridgehead atoms. The Balaban J connectivity index is 1.87. The summed E-state index contributed by atoms with van der Waals surface area (Å²) in [6, 6.07) is 9.17. The minimum Gasteiger partial charge on any atom is -0.383 e. The number of aromatic nitrogens is 4. The van der Waals surface area contributed by atoms with Crippen molar-refractivity contribution in [1.82, 2.24) is 19.7 Å². The Morgan fingerprint density at radius 2 is 1.53 bits per heavy atom. The van der Waals surface area contributed by atoms with Crippen molar-refractivity contribution in [3.8, 4) is 22.4 Å². The van der Waals surface area contributed by atoms with Gasteiger partial charge in [0, 0.05) is 17.8 Å². The van der Waals surface area contributed by atoms with E-state index in [0.717, 1.165) is 41.5 Å². The van der Waals surface area contributed by atoms with E-state index >= 15 is 0 Å². The van der Waals surface area contributed by atoms with E-state index in [4.69, 9.17) is 23.1 Å². The van der Waals surface area contributed by atoms with E-state index < -0.39 is 35.2 Å². The Morgan fingerprint density at radius 3 is 2.08 bits per heavy atom. The molecule has 0 aliphatic rings. The van der Waals surface area contributed by atoms with E-state index in [9.17, 15) is 26.3 Å². The molecule has 1 atom stereocenters. The molecule has 4 N–H and O–H groups in total. The van der Waals surface area contributed by atoms with E-state index in [1.807, 2.05) is 0 Å². The summed E-state index contributed by atoms with van der Waals surface area (Å²) in [4.78, 5) is 7.96. The number of hydrogen-bond donors (Lipinski definition) is 2. The first kappa shape index (κ1) is 25.5. The molecule has 2 aromatic carbocycles. The summed E-state index contributed by atoms with van der Waals surface area (Å²) in [6.07, 6.45) is -7.34. The number of benzene rings is 2. The van der Waals surface area contributed by atoms with Crippen LogP contribution < -0.4 is 11.5 Å². The van der Waals surface area contributed by atoms with Gasteiger partial charge in [-0.15, -0.1) is 0 Å². The van der Waals surface area contributed by atoms with E-state index in [0.29, 0.717) is 10.6 Å². The first-order valence-electron chi connectivity index (χ1n) is 10.3. The van der Waals surface area contributed by atoms with Gasteiger partial charge in [0.2, 0.25) is 0 Å². The maximum absolute atomic E-state index is 14.1. The van der Waals surface area contributed by atoms with Gasteiger partial charge >= 0.3 is 12.4 Å². The number of anilines is 1. The molecule has 6 nitrogen and oxygen atoms in total. The number of nitrogens with zero attached hydrogens (tertiary/aromatic N) is 4. The van der Waals surface area contributed by atoms with Gasteiger partial charge in [0.15, 0.2) is 5.69 Å². The summed E-state index contributed by atoms with van der Waals surface area (Å²) in [5.41, 5.74) is 9.93. The van der Waals surface area contributed by atoms with Crippen LogP contribution in [0.25, 0.3) is 22.4 Å². The molecule has 0 aliphatic carbocycles. The van der Waals surface area contributed by atoms with Crippen molar-refractivity contribution in [3.63, 3.8) is 0 Å². The van der Waals surface area contributed by atoms with Crippen molar-refractivity contribution in [2.45, 2.75) is 18.4 Å². The second-order valence-electron chi connectivity index (χ2n) is 7.73. The lowest BCUT2D eigenvalue weighted by atomic mass is 10.00. The predicted molar refractivity (Wildman–Crippen MR) is 122 cm³/mol. The van der Waals surface area contributed by atoms with Crippen LogP contribution in [-0.2, 0) is 12.4 Å². The highest BCUT2D eigenvalue weighted by molar-refractivity contribution is 6.30. The van der Waals surface area contributed by atoms with E-state index in [1.165, 1.54) is 12.1 Å². The molecule has 0 amide bonds. The summed E-state index contributed by atoms with van der Waals surface area (Å²) in [6.45, 7) is -0.236. The molecule has 0 spiro atoms. The molecule has 0 fully saturated rings. The molecular weight excluding hydrogens is 510 g/mol. The van der Waals surface area contributed by atoms with Crippen LogP contribution in [0.3, 0.4) is 0 Å². The minimum absolute atomic E-state index is 0.0682. The second kappa shape index (κ2) is 9.43. The van der Waals surface area contributed by atoms with Crippen LogP contribution in [0.5, 0.6) is 0 Å². The van der Waals surface area contributed by atoms with Gasteiger partial charge in [0.1, 0.15) is 12.1 Å². The zero-order chi connectivity index (χ0) is 26.3. The number of rotatable bonds is 5. The number of alkyl halides is 6. The van der Waals surface area contributed by atoms with Crippen LogP contribution >= 0.6 is 11.6 Å². The molecule has 36 heavy (non-hydrogen) atoms. The van der Waals surface area contributed by atoms with Gasteiger partial charge in [0.05, 0.1) is 28.4 Å². The van der Waals surface area contributed by atoms with Gasteiger partial charge in [-0.2, -0.15) is 31.4 Å². The van der Waals surface area contributed by atoms with Crippen LogP contribution in [0, 0.1) is 0 Å². The Hall–Kier alpha value is -3.64. The quantitative estimate of drug-likeness (QED) is 0.319. The molecule has 0 aliphatic heterocycles. The fourth-order valence-corrected chi connectivity index (χ4v) is 3.86. The average Bonchev–Trinajstić information content (AvgIpc) is 3.26. The highest BCUT2D eigenvalue weighted by Crippen LogP contribution is 2.41. The predicted octanol–water partition coefficient (Wildman–Crippen LogP) is 5.83. The molecular formula is C23H17ClF6N6. The summed E-state index contributed by atoms with van der Waals surface area (Å²) in [7, 11) is 0. The number of nitrogen functional groups attached to an aromatic ring is 1.